The first-order valence-corrected chi connectivity index (χ1v) is 9.25. The summed E-state index contributed by atoms with van der Waals surface area (Å²) in [4.78, 5) is 16.0. The molecule has 0 saturated carbocycles. The number of rotatable bonds is 4. The van der Waals surface area contributed by atoms with Crippen molar-refractivity contribution >= 4 is 0 Å². The quantitative estimate of drug-likeness (QED) is 0.710. The van der Waals surface area contributed by atoms with Gasteiger partial charge in [0.15, 0.2) is 5.82 Å². The molecule has 0 unspecified atom stereocenters. The second kappa shape index (κ2) is 7.45. The lowest BCUT2D eigenvalue weighted by Gasteiger charge is -2.29. The molecule has 27 heavy (non-hydrogen) atoms. The molecule has 0 atom stereocenters. The SMILES string of the molecule is COc1cc(C)c(CN2CCc3nc(-c4cccnc4)ncc3C2)cc1C. The van der Waals surface area contributed by atoms with Crippen molar-refractivity contribution in [2.24, 2.45) is 0 Å². The van der Waals surface area contributed by atoms with Crippen molar-refractivity contribution in [1.82, 2.24) is 19.9 Å². The number of hydrogen-bond donors (Lipinski definition) is 0. The van der Waals surface area contributed by atoms with Crippen LogP contribution in [-0.2, 0) is 19.5 Å². The van der Waals surface area contributed by atoms with Crippen LogP contribution in [-0.4, -0.2) is 33.5 Å². The Balaban J connectivity index is 1.52. The maximum atomic E-state index is 5.43. The summed E-state index contributed by atoms with van der Waals surface area (Å²) in [5, 5.41) is 0. The lowest BCUT2D eigenvalue weighted by molar-refractivity contribution is 0.242. The molecule has 0 saturated heterocycles. The van der Waals surface area contributed by atoms with E-state index in [2.05, 4.69) is 40.8 Å². The summed E-state index contributed by atoms with van der Waals surface area (Å²) in [5.74, 6) is 1.72. The summed E-state index contributed by atoms with van der Waals surface area (Å²) in [5.41, 5.74) is 7.14. The van der Waals surface area contributed by atoms with Crippen LogP contribution in [0, 0.1) is 13.8 Å². The molecule has 0 fully saturated rings. The first kappa shape index (κ1) is 17.6. The molecule has 2 aromatic heterocycles. The van der Waals surface area contributed by atoms with E-state index in [4.69, 9.17) is 9.72 Å². The summed E-state index contributed by atoms with van der Waals surface area (Å²) in [7, 11) is 1.72. The predicted octanol–water partition coefficient (Wildman–Crippen LogP) is 3.72. The minimum Gasteiger partial charge on any atom is -0.496 e. The molecule has 0 radical (unpaired) electrons. The van der Waals surface area contributed by atoms with Gasteiger partial charge in [0.1, 0.15) is 5.75 Å². The number of nitrogens with zero attached hydrogens (tertiary/aromatic N) is 4. The molecule has 1 aliphatic heterocycles. The number of methoxy groups -OCH3 is 1. The lowest BCUT2D eigenvalue weighted by Crippen LogP contribution is -2.31. The third-order valence-electron chi connectivity index (χ3n) is 5.18. The summed E-state index contributed by atoms with van der Waals surface area (Å²) in [6, 6.07) is 8.29. The van der Waals surface area contributed by atoms with E-state index in [-0.39, 0.29) is 0 Å². The standard InChI is InChI=1S/C22H24N4O/c1-15-10-21(27-3)16(2)9-18(15)13-26-8-6-20-19(14-26)12-24-22(25-20)17-5-4-7-23-11-17/h4-5,7,9-12H,6,8,13-14H2,1-3H3. The third kappa shape index (κ3) is 3.69. The molecule has 4 rings (SSSR count). The number of pyridine rings is 1. The van der Waals surface area contributed by atoms with Crippen molar-refractivity contribution in [3.63, 3.8) is 0 Å². The molecule has 0 aliphatic carbocycles. The van der Waals surface area contributed by atoms with Crippen LogP contribution < -0.4 is 4.74 Å². The third-order valence-corrected chi connectivity index (χ3v) is 5.18. The summed E-state index contributed by atoms with van der Waals surface area (Å²) in [6.45, 7) is 7.06. The van der Waals surface area contributed by atoms with Crippen molar-refractivity contribution in [3.05, 3.63) is 70.8 Å². The highest BCUT2D eigenvalue weighted by Gasteiger charge is 2.20. The molecule has 1 aromatic carbocycles. The molecular weight excluding hydrogens is 336 g/mol. The minimum atomic E-state index is 0.761. The number of benzene rings is 1. The van der Waals surface area contributed by atoms with Gasteiger partial charge in [-0.25, -0.2) is 9.97 Å². The van der Waals surface area contributed by atoms with E-state index in [1.54, 1.807) is 13.3 Å². The molecule has 0 bridgehead atoms. The van der Waals surface area contributed by atoms with Crippen molar-refractivity contribution < 1.29 is 4.74 Å². The van der Waals surface area contributed by atoms with Gasteiger partial charge in [0.2, 0.25) is 0 Å². The highest BCUT2D eigenvalue weighted by Crippen LogP contribution is 2.26. The molecule has 3 heterocycles. The van der Waals surface area contributed by atoms with E-state index in [1.165, 1.54) is 22.3 Å². The average Bonchev–Trinajstić information content (AvgIpc) is 2.70. The summed E-state index contributed by atoms with van der Waals surface area (Å²) >= 11 is 0. The minimum absolute atomic E-state index is 0.761. The zero-order valence-electron chi connectivity index (χ0n) is 16.1. The molecule has 0 amide bonds. The van der Waals surface area contributed by atoms with Crippen LogP contribution in [0.25, 0.3) is 11.4 Å². The normalized spacial score (nSPS) is 14.0. The Labute approximate surface area is 160 Å². The van der Waals surface area contributed by atoms with Crippen molar-refractivity contribution in [3.8, 4) is 17.1 Å². The fourth-order valence-electron chi connectivity index (χ4n) is 3.62. The van der Waals surface area contributed by atoms with E-state index < -0.39 is 0 Å². The predicted molar refractivity (Wildman–Crippen MR) is 106 cm³/mol. The number of hydrogen-bond acceptors (Lipinski definition) is 5. The van der Waals surface area contributed by atoms with Gasteiger partial charge in [0.05, 0.1) is 12.8 Å². The van der Waals surface area contributed by atoms with Crippen molar-refractivity contribution in [2.75, 3.05) is 13.7 Å². The second-order valence-corrected chi connectivity index (χ2v) is 7.12. The second-order valence-electron chi connectivity index (χ2n) is 7.12. The molecular formula is C22H24N4O. The van der Waals surface area contributed by atoms with Gasteiger partial charge in [-0.15, -0.1) is 0 Å². The van der Waals surface area contributed by atoms with E-state index >= 15 is 0 Å². The Morgan fingerprint density at radius 2 is 2.04 bits per heavy atom. The highest BCUT2D eigenvalue weighted by atomic mass is 16.5. The zero-order chi connectivity index (χ0) is 18.8. The Bertz CT molecular complexity index is 956. The Morgan fingerprint density at radius 3 is 2.81 bits per heavy atom. The van der Waals surface area contributed by atoms with Gasteiger partial charge < -0.3 is 4.74 Å². The molecule has 138 valence electrons. The maximum absolute atomic E-state index is 5.43. The Morgan fingerprint density at radius 1 is 1.15 bits per heavy atom. The smallest absolute Gasteiger partial charge is 0.160 e. The maximum Gasteiger partial charge on any atom is 0.160 e. The first-order valence-electron chi connectivity index (χ1n) is 9.25. The Hall–Kier alpha value is -2.79. The van der Waals surface area contributed by atoms with E-state index in [0.717, 1.165) is 48.9 Å². The van der Waals surface area contributed by atoms with Gasteiger partial charge in [-0.2, -0.15) is 0 Å². The van der Waals surface area contributed by atoms with Crippen LogP contribution in [0.1, 0.15) is 27.9 Å². The van der Waals surface area contributed by atoms with Gasteiger partial charge >= 0.3 is 0 Å². The number of ether oxygens (including phenoxy) is 1. The highest BCUT2D eigenvalue weighted by molar-refractivity contribution is 5.53. The van der Waals surface area contributed by atoms with Crippen LogP contribution >= 0.6 is 0 Å². The Kier molecular flexibility index (Phi) is 4.86. The van der Waals surface area contributed by atoms with Gasteiger partial charge in [0, 0.05) is 55.8 Å². The molecule has 3 aromatic rings. The van der Waals surface area contributed by atoms with Crippen LogP contribution in [0.3, 0.4) is 0 Å². The van der Waals surface area contributed by atoms with Gasteiger partial charge in [-0.05, 0) is 48.7 Å². The fraction of sp³-hybridized carbons (Fsp3) is 0.318. The van der Waals surface area contributed by atoms with E-state index in [9.17, 15) is 0 Å². The summed E-state index contributed by atoms with van der Waals surface area (Å²) < 4.78 is 5.43. The van der Waals surface area contributed by atoms with Crippen molar-refractivity contribution in [2.45, 2.75) is 33.4 Å². The molecule has 1 aliphatic rings. The van der Waals surface area contributed by atoms with Crippen LogP contribution in [0.2, 0.25) is 0 Å². The average molecular weight is 360 g/mol. The van der Waals surface area contributed by atoms with Crippen LogP contribution in [0.4, 0.5) is 0 Å². The summed E-state index contributed by atoms with van der Waals surface area (Å²) in [6.07, 6.45) is 6.50. The van der Waals surface area contributed by atoms with Crippen molar-refractivity contribution in [1.29, 1.82) is 0 Å². The molecule has 5 nitrogen and oxygen atoms in total. The topological polar surface area (TPSA) is 51.1 Å². The van der Waals surface area contributed by atoms with Crippen LogP contribution in [0.5, 0.6) is 5.75 Å². The first-order chi connectivity index (χ1) is 13.1. The van der Waals surface area contributed by atoms with Crippen LogP contribution in [0.15, 0.2) is 42.9 Å². The fourth-order valence-corrected chi connectivity index (χ4v) is 3.62. The largest absolute Gasteiger partial charge is 0.496 e. The van der Waals surface area contributed by atoms with Gasteiger partial charge in [0.25, 0.3) is 0 Å². The molecule has 0 N–H and O–H groups in total. The number of fused-ring (bicyclic) bond motifs is 1. The monoisotopic (exact) mass is 360 g/mol. The van der Waals surface area contributed by atoms with E-state index in [0.29, 0.717) is 0 Å². The molecule has 5 heteroatoms. The number of aromatic nitrogens is 3. The molecule has 0 spiro atoms. The van der Waals surface area contributed by atoms with E-state index in [1.807, 2.05) is 24.5 Å². The van der Waals surface area contributed by atoms with Gasteiger partial charge in [-0.3, -0.25) is 9.88 Å². The number of aryl methyl sites for hydroxylation is 2. The zero-order valence-corrected chi connectivity index (χ0v) is 16.1. The lowest BCUT2D eigenvalue weighted by atomic mass is 10.0. The van der Waals surface area contributed by atoms with Gasteiger partial charge in [-0.1, -0.05) is 6.07 Å².